The number of hydrogen-bond acceptors (Lipinski definition) is 4. The van der Waals surface area contributed by atoms with Crippen LogP contribution in [0.25, 0.3) is 0 Å². The zero-order valence-corrected chi connectivity index (χ0v) is 12.4. The molecule has 0 amide bonds. The molecule has 0 fully saturated rings. The number of halogens is 1. The number of benzene rings is 1. The van der Waals surface area contributed by atoms with Gasteiger partial charge in [-0.3, -0.25) is 9.71 Å². The van der Waals surface area contributed by atoms with Gasteiger partial charge in [0, 0.05) is 18.9 Å². The third kappa shape index (κ3) is 3.09. The average molecular weight is 312 g/mol. The maximum absolute atomic E-state index is 12.4. The summed E-state index contributed by atoms with van der Waals surface area (Å²) >= 11 is 5.97. The van der Waals surface area contributed by atoms with E-state index in [0.29, 0.717) is 11.3 Å². The van der Waals surface area contributed by atoms with Crippen LogP contribution in [0.15, 0.2) is 41.6 Å². The third-order valence-corrected chi connectivity index (χ3v) is 4.63. The van der Waals surface area contributed by atoms with E-state index in [1.165, 1.54) is 18.3 Å². The SMILES string of the molecule is Cc1cnccc1NS(=O)(=O)c1cc(CN)ccc1Cl. The van der Waals surface area contributed by atoms with Gasteiger partial charge in [-0.1, -0.05) is 17.7 Å². The molecule has 106 valence electrons. The van der Waals surface area contributed by atoms with Crippen LogP contribution < -0.4 is 10.5 Å². The lowest BCUT2D eigenvalue weighted by Crippen LogP contribution is -2.15. The van der Waals surface area contributed by atoms with Crippen molar-refractivity contribution in [2.45, 2.75) is 18.4 Å². The molecular formula is C13H14ClN3O2S. The van der Waals surface area contributed by atoms with E-state index in [0.717, 1.165) is 5.56 Å². The number of aryl methyl sites for hydroxylation is 1. The molecule has 0 aliphatic carbocycles. The Kier molecular flexibility index (Phi) is 4.27. The Balaban J connectivity index is 2.43. The number of pyridine rings is 1. The van der Waals surface area contributed by atoms with Gasteiger partial charge in [0.25, 0.3) is 10.0 Å². The molecule has 2 rings (SSSR count). The quantitative estimate of drug-likeness (QED) is 0.907. The van der Waals surface area contributed by atoms with Crippen molar-refractivity contribution < 1.29 is 8.42 Å². The number of nitrogens with two attached hydrogens (primary N) is 1. The molecule has 1 aromatic heterocycles. The van der Waals surface area contributed by atoms with Crippen LogP contribution in [0.1, 0.15) is 11.1 Å². The first-order valence-corrected chi connectivity index (χ1v) is 7.72. The van der Waals surface area contributed by atoms with Gasteiger partial charge in [0.05, 0.1) is 10.7 Å². The Morgan fingerprint density at radius 2 is 2.10 bits per heavy atom. The van der Waals surface area contributed by atoms with Gasteiger partial charge in [0.1, 0.15) is 4.90 Å². The Morgan fingerprint density at radius 1 is 1.35 bits per heavy atom. The summed E-state index contributed by atoms with van der Waals surface area (Å²) < 4.78 is 27.3. The van der Waals surface area contributed by atoms with Crippen molar-refractivity contribution in [3.05, 3.63) is 52.8 Å². The van der Waals surface area contributed by atoms with Gasteiger partial charge in [-0.05, 0) is 36.2 Å². The molecule has 0 saturated heterocycles. The van der Waals surface area contributed by atoms with Gasteiger partial charge in [-0.15, -0.1) is 0 Å². The minimum absolute atomic E-state index is 0.0123. The van der Waals surface area contributed by atoms with Gasteiger partial charge < -0.3 is 5.73 Å². The summed E-state index contributed by atoms with van der Waals surface area (Å²) in [7, 11) is -3.76. The summed E-state index contributed by atoms with van der Waals surface area (Å²) in [6.07, 6.45) is 3.10. The van der Waals surface area contributed by atoms with Crippen LogP contribution in [0.4, 0.5) is 5.69 Å². The highest BCUT2D eigenvalue weighted by Gasteiger charge is 2.19. The predicted molar refractivity (Wildman–Crippen MR) is 79.1 cm³/mol. The lowest BCUT2D eigenvalue weighted by atomic mass is 10.2. The first-order chi connectivity index (χ1) is 9.44. The van der Waals surface area contributed by atoms with E-state index in [4.69, 9.17) is 17.3 Å². The van der Waals surface area contributed by atoms with Crippen molar-refractivity contribution in [3.63, 3.8) is 0 Å². The highest BCUT2D eigenvalue weighted by Crippen LogP contribution is 2.25. The molecule has 0 aliphatic rings. The first kappa shape index (κ1) is 14.8. The van der Waals surface area contributed by atoms with Crippen molar-refractivity contribution in [1.29, 1.82) is 0 Å². The van der Waals surface area contributed by atoms with Crippen LogP contribution in [-0.2, 0) is 16.6 Å². The molecule has 20 heavy (non-hydrogen) atoms. The highest BCUT2D eigenvalue weighted by atomic mass is 35.5. The molecule has 0 radical (unpaired) electrons. The van der Waals surface area contributed by atoms with Crippen LogP contribution in [0.5, 0.6) is 0 Å². The Bertz CT molecular complexity index is 732. The summed E-state index contributed by atoms with van der Waals surface area (Å²) in [4.78, 5) is 3.93. The Hall–Kier alpha value is -1.63. The number of anilines is 1. The molecule has 1 heterocycles. The van der Waals surface area contributed by atoms with Gasteiger partial charge in [0.2, 0.25) is 0 Å². The summed E-state index contributed by atoms with van der Waals surface area (Å²) in [5.74, 6) is 0. The third-order valence-electron chi connectivity index (χ3n) is 2.79. The second kappa shape index (κ2) is 5.78. The zero-order valence-electron chi connectivity index (χ0n) is 10.8. The lowest BCUT2D eigenvalue weighted by Gasteiger charge is -2.12. The molecule has 1 aromatic carbocycles. The van der Waals surface area contributed by atoms with E-state index < -0.39 is 10.0 Å². The van der Waals surface area contributed by atoms with E-state index in [2.05, 4.69) is 9.71 Å². The molecule has 3 N–H and O–H groups in total. The minimum atomic E-state index is -3.76. The molecule has 0 saturated carbocycles. The summed E-state index contributed by atoms with van der Waals surface area (Å²) in [5.41, 5.74) is 7.41. The average Bonchev–Trinajstić information content (AvgIpc) is 2.41. The number of aromatic nitrogens is 1. The monoisotopic (exact) mass is 311 g/mol. The highest BCUT2D eigenvalue weighted by molar-refractivity contribution is 7.92. The topological polar surface area (TPSA) is 85.1 Å². The number of rotatable bonds is 4. The van der Waals surface area contributed by atoms with Crippen LogP contribution in [0, 0.1) is 6.92 Å². The molecule has 2 aromatic rings. The molecular weight excluding hydrogens is 298 g/mol. The fraction of sp³-hybridized carbons (Fsp3) is 0.154. The number of nitrogens with zero attached hydrogens (tertiary/aromatic N) is 1. The Labute approximate surface area is 122 Å². The maximum Gasteiger partial charge on any atom is 0.263 e. The van der Waals surface area contributed by atoms with Crippen LogP contribution in [0.3, 0.4) is 0 Å². The van der Waals surface area contributed by atoms with E-state index in [1.54, 1.807) is 25.3 Å². The lowest BCUT2D eigenvalue weighted by molar-refractivity contribution is 0.601. The molecule has 0 bridgehead atoms. The smallest absolute Gasteiger partial charge is 0.263 e. The predicted octanol–water partition coefficient (Wildman–Crippen LogP) is 2.30. The second-order valence-electron chi connectivity index (χ2n) is 4.26. The Morgan fingerprint density at radius 3 is 2.75 bits per heavy atom. The number of sulfonamides is 1. The van der Waals surface area contributed by atoms with Gasteiger partial charge >= 0.3 is 0 Å². The molecule has 0 aliphatic heterocycles. The van der Waals surface area contributed by atoms with E-state index in [-0.39, 0.29) is 16.5 Å². The van der Waals surface area contributed by atoms with Crippen LogP contribution in [0.2, 0.25) is 5.02 Å². The summed E-state index contributed by atoms with van der Waals surface area (Å²) in [6, 6.07) is 6.28. The molecule has 5 nitrogen and oxygen atoms in total. The van der Waals surface area contributed by atoms with Crippen molar-refractivity contribution in [3.8, 4) is 0 Å². The minimum Gasteiger partial charge on any atom is -0.326 e. The summed E-state index contributed by atoms with van der Waals surface area (Å²) in [5, 5.41) is 0.154. The zero-order chi connectivity index (χ0) is 14.8. The second-order valence-corrected chi connectivity index (χ2v) is 6.32. The van der Waals surface area contributed by atoms with Gasteiger partial charge in [-0.2, -0.15) is 0 Å². The fourth-order valence-electron chi connectivity index (χ4n) is 1.67. The molecule has 0 spiro atoms. The van der Waals surface area contributed by atoms with Crippen molar-refractivity contribution in [2.24, 2.45) is 5.73 Å². The summed E-state index contributed by atoms with van der Waals surface area (Å²) in [6.45, 7) is 2.01. The fourth-order valence-corrected chi connectivity index (χ4v) is 3.35. The number of nitrogens with one attached hydrogen (secondary N) is 1. The van der Waals surface area contributed by atoms with Crippen LogP contribution in [-0.4, -0.2) is 13.4 Å². The molecule has 0 unspecified atom stereocenters. The van der Waals surface area contributed by atoms with E-state index >= 15 is 0 Å². The van der Waals surface area contributed by atoms with Crippen LogP contribution >= 0.6 is 11.6 Å². The van der Waals surface area contributed by atoms with E-state index in [1.807, 2.05) is 0 Å². The molecule has 7 heteroatoms. The maximum atomic E-state index is 12.4. The standard InChI is InChI=1S/C13H14ClN3O2S/c1-9-8-16-5-4-12(9)17-20(18,19)13-6-10(7-15)2-3-11(13)14/h2-6,8H,7,15H2,1H3,(H,16,17). The number of hydrogen-bond donors (Lipinski definition) is 2. The normalized spacial score (nSPS) is 11.3. The van der Waals surface area contributed by atoms with Crippen molar-refractivity contribution >= 4 is 27.3 Å². The van der Waals surface area contributed by atoms with Crippen molar-refractivity contribution in [1.82, 2.24) is 4.98 Å². The van der Waals surface area contributed by atoms with E-state index in [9.17, 15) is 8.42 Å². The molecule has 0 atom stereocenters. The van der Waals surface area contributed by atoms with Crippen molar-refractivity contribution in [2.75, 3.05) is 4.72 Å². The van der Waals surface area contributed by atoms with Gasteiger partial charge in [0.15, 0.2) is 0 Å². The van der Waals surface area contributed by atoms with Gasteiger partial charge in [-0.25, -0.2) is 8.42 Å². The largest absolute Gasteiger partial charge is 0.326 e. The first-order valence-electron chi connectivity index (χ1n) is 5.86.